The van der Waals surface area contributed by atoms with Crippen molar-refractivity contribution in [1.82, 2.24) is 19.9 Å². The molecule has 0 aliphatic carbocycles. The number of aryl methyl sites for hydroxylation is 1. The molecule has 29 heavy (non-hydrogen) atoms. The van der Waals surface area contributed by atoms with E-state index in [-0.39, 0.29) is 5.91 Å². The SMILES string of the molecule is COc1ccc(CNC(=O)c2cc(C)n3nc(-c4cccs4)cc3n2)cc1OC. The Hall–Kier alpha value is -3.39. The van der Waals surface area contributed by atoms with Crippen molar-refractivity contribution in [2.75, 3.05) is 14.2 Å². The minimum absolute atomic E-state index is 0.246. The molecule has 0 fully saturated rings. The van der Waals surface area contributed by atoms with E-state index in [9.17, 15) is 4.79 Å². The monoisotopic (exact) mass is 408 g/mol. The molecule has 0 unspecified atom stereocenters. The van der Waals surface area contributed by atoms with Gasteiger partial charge in [0, 0.05) is 18.3 Å². The third-order valence-corrected chi connectivity index (χ3v) is 5.40. The number of carbonyl (C=O) groups is 1. The van der Waals surface area contributed by atoms with Crippen molar-refractivity contribution in [3.63, 3.8) is 0 Å². The van der Waals surface area contributed by atoms with Crippen LogP contribution < -0.4 is 14.8 Å². The van der Waals surface area contributed by atoms with E-state index >= 15 is 0 Å². The van der Waals surface area contributed by atoms with Crippen molar-refractivity contribution >= 4 is 22.9 Å². The number of hydrogen-bond donors (Lipinski definition) is 1. The molecule has 8 heteroatoms. The standard InChI is InChI=1S/C21H20N4O3S/c1-13-9-16(23-20-11-15(24-25(13)20)19-5-4-8-29-19)21(26)22-12-14-6-7-17(27-2)18(10-14)28-3/h4-11H,12H2,1-3H3,(H,22,26). The summed E-state index contributed by atoms with van der Waals surface area (Å²) < 4.78 is 12.3. The number of carbonyl (C=O) groups excluding carboxylic acids is 1. The van der Waals surface area contributed by atoms with Gasteiger partial charge in [0.25, 0.3) is 5.91 Å². The number of hydrogen-bond acceptors (Lipinski definition) is 6. The second kappa shape index (κ2) is 7.92. The Labute approximate surface area is 171 Å². The van der Waals surface area contributed by atoms with Crippen LogP contribution in [0.25, 0.3) is 16.2 Å². The van der Waals surface area contributed by atoms with Crippen LogP contribution in [0.15, 0.2) is 47.8 Å². The van der Waals surface area contributed by atoms with E-state index in [0.717, 1.165) is 21.8 Å². The zero-order valence-electron chi connectivity index (χ0n) is 16.3. The van der Waals surface area contributed by atoms with Gasteiger partial charge < -0.3 is 14.8 Å². The molecule has 0 saturated carbocycles. The van der Waals surface area contributed by atoms with Crippen LogP contribution in [0.3, 0.4) is 0 Å². The van der Waals surface area contributed by atoms with Gasteiger partial charge in [-0.05, 0) is 42.1 Å². The maximum Gasteiger partial charge on any atom is 0.270 e. The van der Waals surface area contributed by atoms with E-state index in [2.05, 4.69) is 15.4 Å². The Kier molecular flexibility index (Phi) is 5.18. The molecule has 3 heterocycles. The van der Waals surface area contributed by atoms with Gasteiger partial charge in [-0.2, -0.15) is 5.10 Å². The molecule has 0 saturated heterocycles. The number of amides is 1. The number of benzene rings is 1. The maximum absolute atomic E-state index is 12.7. The summed E-state index contributed by atoms with van der Waals surface area (Å²) in [6.07, 6.45) is 0. The lowest BCUT2D eigenvalue weighted by atomic mass is 10.2. The van der Waals surface area contributed by atoms with Crippen LogP contribution in [-0.4, -0.2) is 34.7 Å². The van der Waals surface area contributed by atoms with E-state index in [1.165, 1.54) is 0 Å². The molecule has 0 aliphatic rings. The van der Waals surface area contributed by atoms with Crippen LogP contribution in [0.1, 0.15) is 21.7 Å². The summed E-state index contributed by atoms with van der Waals surface area (Å²) in [7, 11) is 3.17. The largest absolute Gasteiger partial charge is 0.493 e. The van der Waals surface area contributed by atoms with Gasteiger partial charge in [0.1, 0.15) is 11.4 Å². The highest BCUT2D eigenvalue weighted by Crippen LogP contribution is 2.27. The van der Waals surface area contributed by atoms with E-state index < -0.39 is 0 Å². The van der Waals surface area contributed by atoms with Gasteiger partial charge in [0.05, 0.1) is 19.1 Å². The Morgan fingerprint density at radius 2 is 1.97 bits per heavy atom. The third kappa shape index (κ3) is 3.79. The average molecular weight is 408 g/mol. The first-order valence-corrected chi connectivity index (χ1v) is 9.87. The smallest absolute Gasteiger partial charge is 0.270 e. The number of methoxy groups -OCH3 is 2. The first-order valence-electron chi connectivity index (χ1n) is 8.99. The predicted molar refractivity (Wildman–Crippen MR) is 112 cm³/mol. The average Bonchev–Trinajstić information content (AvgIpc) is 3.41. The van der Waals surface area contributed by atoms with Gasteiger partial charge in [-0.15, -0.1) is 11.3 Å². The van der Waals surface area contributed by atoms with Gasteiger partial charge in [0.2, 0.25) is 0 Å². The van der Waals surface area contributed by atoms with Crippen LogP contribution >= 0.6 is 11.3 Å². The lowest BCUT2D eigenvalue weighted by Crippen LogP contribution is -2.24. The van der Waals surface area contributed by atoms with Crippen molar-refractivity contribution in [3.05, 3.63) is 64.8 Å². The maximum atomic E-state index is 12.7. The minimum atomic E-state index is -0.246. The first kappa shape index (κ1) is 18.9. The summed E-state index contributed by atoms with van der Waals surface area (Å²) in [6, 6.07) is 13.2. The Balaban J connectivity index is 1.54. The fraction of sp³-hybridized carbons (Fsp3) is 0.190. The summed E-state index contributed by atoms with van der Waals surface area (Å²) in [6.45, 7) is 2.26. The molecule has 148 valence electrons. The summed E-state index contributed by atoms with van der Waals surface area (Å²) in [5, 5.41) is 9.50. The van der Waals surface area contributed by atoms with Gasteiger partial charge in [-0.1, -0.05) is 12.1 Å². The second-order valence-corrected chi connectivity index (χ2v) is 7.38. The predicted octanol–water partition coefficient (Wildman–Crippen LogP) is 3.71. The summed E-state index contributed by atoms with van der Waals surface area (Å²) in [5.41, 5.74) is 3.59. The van der Waals surface area contributed by atoms with Gasteiger partial charge in [-0.3, -0.25) is 4.79 Å². The Morgan fingerprint density at radius 3 is 2.69 bits per heavy atom. The summed E-state index contributed by atoms with van der Waals surface area (Å²) in [5.74, 6) is 1.02. The number of rotatable bonds is 6. The molecule has 0 bridgehead atoms. The highest BCUT2D eigenvalue weighted by molar-refractivity contribution is 7.13. The van der Waals surface area contributed by atoms with E-state index in [1.54, 1.807) is 36.1 Å². The van der Waals surface area contributed by atoms with Crippen LogP contribution in [0.5, 0.6) is 11.5 Å². The molecular weight excluding hydrogens is 388 g/mol. The fourth-order valence-corrected chi connectivity index (χ4v) is 3.73. The normalized spacial score (nSPS) is 10.9. The molecule has 4 aromatic rings. The van der Waals surface area contributed by atoms with E-state index in [0.29, 0.717) is 29.4 Å². The summed E-state index contributed by atoms with van der Waals surface area (Å²) >= 11 is 1.62. The molecule has 4 rings (SSSR count). The van der Waals surface area contributed by atoms with Crippen LogP contribution in [0.4, 0.5) is 0 Å². The number of ether oxygens (including phenoxy) is 2. The van der Waals surface area contributed by atoms with Gasteiger partial charge in [0.15, 0.2) is 17.1 Å². The topological polar surface area (TPSA) is 77.8 Å². The number of thiophene rings is 1. The molecule has 0 spiro atoms. The van der Waals surface area contributed by atoms with Crippen molar-refractivity contribution in [3.8, 4) is 22.1 Å². The number of nitrogens with zero attached hydrogens (tertiary/aromatic N) is 3. The molecule has 0 atom stereocenters. The molecule has 1 aromatic carbocycles. The molecule has 1 amide bonds. The Bertz CT molecular complexity index is 1170. The number of nitrogens with one attached hydrogen (secondary N) is 1. The summed E-state index contributed by atoms with van der Waals surface area (Å²) in [4.78, 5) is 18.2. The molecular formula is C21H20N4O3S. The quantitative estimate of drug-likeness (QED) is 0.526. The molecule has 0 radical (unpaired) electrons. The highest BCUT2D eigenvalue weighted by Gasteiger charge is 2.14. The lowest BCUT2D eigenvalue weighted by molar-refractivity contribution is 0.0946. The van der Waals surface area contributed by atoms with Gasteiger partial charge >= 0.3 is 0 Å². The van der Waals surface area contributed by atoms with E-state index in [4.69, 9.17) is 9.47 Å². The van der Waals surface area contributed by atoms with Gasteiger partial charge in [-0.25, -0.2) is 9.50 Å². The van der Waals surface area contributed by atoms with Crippen LogP contribution in [-0.2, 0) is 6.54 Å². The fourth-order valence-electron chi connectivity index (χ4n) is 3.05. The lowest BCUT2D eigenvalue weighted by Gasteiger charge is -2.10. The minimum Gasteiger partial charge on any atom is -0.493 e. The highest BCUT2D eigenvalue weighted by atomic mass is 32.1. The third-order valence-electron chi connectivity index (χ3n) is 4.51. The van der Waals surface area contributed by atoms with Crippen molar-refractivity contribution in [2.45, 2.75) is 13.5 Å². The zero-order valence-corrected chi connectivity index (χ0v) is 17.1. The molecule has 1 N–H and O–H groups in total. The molecule has 3 aromatic heterocycles. The number of fused-ring (bicyclic) bond motifs is 1. The van der Waals surface area contributed by atoms with Crippen LogP contribution in [0.2, 0.25) is 0 Å². The first-order chi connectivity index (χ1) is 14.1. The molecule has 0 aliphatic heterocycles. The second-order valence-electron chi connectivity index (χ2n) is 6.43. The Morgan fingerprint density at radius 1 is 1.14 bits per heavy atom. The zero-order chi connectivity index (χ0) is 20.4. The van der Waals surface area contributed by atoms with Crippen molar-refractivity contribution in [1.29, 1.82) is 0 Å². The van der Waals surface area contributed by atoms with Crippen molar-refractivity contribution in [2.24, 2.45) is 0 Å². The molecule has 7 nitrogen and oxygen atoms in total. The number of aromatic nitrogens is 3. The van der Waals surface area contributed by atoms with E-state index in [1.807, 2.05) is 48.7 Å². The van der Waals surface area contributed by atoms with Crippen molar-refractivity contribution < 1.29 is 14.3 Å². The van der Waals surface area contributed by atoms with Crippen LogP contribution in [0, 0.1) is 6.92 Å².